The molecular weight excluding hydrogens is 364 g/mol. The van der Waals surface area contributed by atoms with Gasteiger partial charge >= 0.3 is 0 Å². The Kier molecular flexibility index (Phi) is 5.67. The van der Waals surface area contributed by atoms with Crippen LogP contribution < -0.4 is 15.5 Å². The minimum Gasteiger partial charge on any atom is -0.369 e. The van der Waals surface area contributed by atoms with E-state index in [4.69, 9.17) is 15.7 Å². The number of anilines is 2. The number of fused-ring (bicyclic) bond motifs is 1. The van der Waals surface area contributed by atoms with E-state index < -0.39 is 0 Å². The van der Waals surface area contributed by atoms with Gasteiger partial charge in [0.25, 0.3) is 0 Å². The van der Waals surface area contributed by atoms with E-state index >= 15 is 0 Å². The minimum absolute atomic E-state index is 0.0215. The van der Waals surface area contributed by atoms with E-state index in [1.54, 1.807) is 0 Å². The highest BCUT2D eigenvalue weighted by Crippen LogP contribution is 2.31. The number of carbonyl (C=O) groups excluding carboxylic acids is 1. The molecule has 4 rings (SSSR count). The first-order valence-electron chi connectivity index (χ1n) is 10.4. The van der Waals surface area contributed by atoms with Crippen LogP contribution in [0, 0.1) is 5.92 Å². The molecule has 2 N–H and O–H groups in total. The summed E-state index contributed by atoms with van der Waals surface area (Å²) in [6.07, 6.45) is 2.51. The summed E-state index contributed by atoms with van der Waals surface area (Å²) in [6, 6.07) is 10.6. The lowest BCUT2D eigenvalue weighted by molar-refractivity contribution is -0.122. The lowest BCUT2D eigenvalue weighted by Gasteiger charge is -2.36. The van der Waals surface area contributed by atoms with Crippen molar-refractivity contribution >= 4 is 17.7 Å². The number of aromatic nitrogens is 2. The molecule has 2 aliphatic heterocycles. The van der Waals surface area contributed by atoms with Crippen LogP contribution in [-0.4, -0.2) is 54.5 Å². The van der Waals surface area contributed by atoms with Crippen molar-refractivity contribution in [3.63, 3.8) is 0 Å². The SMILES string of the molecule is CN(C)c1nc2c(c(N3CCC(C(N)=O)CC3)n1)CN(Cc1ccccc1)CC2. The summed E-state index contributed by atoms with van der Waals surface area (Å²) in [5, 5.41) is 0. The first kappa shape index (κ1) is 19.6. The number of nitrogens with zero attached hydrogens (tertiary/aromatic N) is 5. The molecular formula is C22H30N6O. The average Bonchev–Trinajstić information content (AvgIpc) is 2.73. The molecule has 2 aliphatic rings. The number of hydrogen-bond acceptors (Lipinski definition) is 6. The van der Waals surface area contributed by atoms with E-state index in [1.165, 1.54) is 11.1 Å². The lowest BCUT2D eigenvalue weighted by atomic mass is 9.95. The van der Waals surface area contributed by atoms with Gasteiger partial charge < -0.3 is 15.5 Å². The fourth-order valence-electron chi connectivity index (χ4n) is 4.25. The van der Waals surface area contributed by atoms with Crippen LogP contribution in [0.2, 0.25) is 0 Å². The number of rotatable bonds is 5. The van der Waals surface area contributed by atoms with Crippen LogP contribution in [0.25, 0.3) is 0 Å². The van der Waals surface area contributed by atoms with Gasteiger partial charge in [-0.05, 0) is 18.4 Å². The third kappa shape index (κ3) is 4.34. The van der Waals surface area contributed by atoms with Gasteiger partial charge in [-0.15, -0.1) is 0 Å². The zero-order valence-corrected chi connectivity index (χ0v) is 17.3. The predicted octanol–water partition coefficient (Wildman–Crippen LogP) is 1.80. The van der Waals surface area contributed by atoms with Crippen LogP contribution in [0.5, 0.6) is 0 Å². The molecule has 2 aromatic rings. The summed E-state index contributed by atoms with van der Waals surface area (Å²) < 4.78 is 0. The summed E-state index contributed by atoms with van der Waals surface area (Å²) in [4.78, 5) is 28.1. The van der Waals surface area contributed by atoms with Crippen molar-refractivity contribution < 1.29 is 4.79 Å². The summed E-state index contributed by atoms with van der Waals surface area (Å²) in [6.45, 7) is 4.39. The lowest BCUT2D eigenvalue weighted by Crippen LogP contribution is -2.41. The monoisotopic (exact) mass is 394 g/mol. The Hall–Kier alpha value is -2.67. The molecule has 3 heterocycles. The minimum atomic E-state index is -0.183. The molecule has 0 aliphatic carbocycles. The van der Waals surface area contributed by atoms with Crippen LogP contribution in [-0.2, 0) is 24.3 Å². The zero-order valence-electron chi connectivity index (χ0n) is 17.3. The second kappa shape index (κ2) is 8.37. The summed E-state index contributed by atoms with van der Waals surface area (Å²) >= 11 is 0. The van der Waals surface area contributed by atoms with Crippen molar-refractivity contribution in [1.82, 2.24) is 14.9 Å². The standard InChI is InChI=1S/C22H30N6O/c1-26(2)22-24-19-10-11-27(14-16-6-4-3-5-7-16)15-18(19)21(25-22)28-12-8-17(9-13-28)20(23)29/h3-7,17H,8-15H2,1-2H3,(H2,23,29). The maximum absolute atomic E-state index is 11.6. The number of carbonyl (C=O) groups is 1. The van der Waals surface area contributed by atoms with Gasteiger partial charge in [-0.25, -0.2) is 4.98 Å². The number of primary amides is 1. The molecule has 1 aromatic carbocycles. The highest BCUT2D eigenvalue weighted by atomic mass is 16.1. The van der Waals surface area contributed by atoms with Crippen LogP contribution in [0.3, 0.4) is 0 Å². The van der Waals surface area contributed by atoms with E-state index in [2.05, 4.69) is 40.1 Å². The van der Waals surface area contributed by atoms with Crippen molar-refractivity contribution in [2.75, 3.05) is 43.5 Å². The molecule has 0 unspecified atom stereocenters. The molecule has 1 aromatic heterocycles. The van der Waals surface area contributed by atoms with E-state index in [9.17, 15) is 4.79 Å². The molecule has 154 valence electrons. The summed E-state index contributed by atoms with van der Waals surface area (Å²) in [5.41, 5.74) is 9.23. The Balaban J connectivity index is 1.59. The highest BCUT2D eigenvalue weighted by molar-refractivity contribution is 5.77. The number of hydrogen-bond donors (Lipinski definition) is 1. The fraction of sp³-hybridized carbons (Fsp3) is 0.500. The first-order chi connectivity index (χ1) is 14.0. The van der Waals surface area contributed by atoms with Crippen molar-refractivity contribution in [1.29, 1.82) is 0 Å². The van der Waals surface area contributed by atoms with Crippen molar-refractivity contribution in [3.8, 4) is 0 Å². The zero-order chi connectivity index (χ0) is 20.4. The number of benzene rings is 1. The number of nitrogens with two attached hydrogens (primary N) is 1. The van der Waals surface area contributed by atoms with Crippen LogP contribution in [0.15, 0.2) is 30.3 Å². The molecule has 7 nitrogen and oxygen atoms in total. The van der Waals surface area contributed by atoms with Gasteiger partial charge in [-0.2, -0.15) is 4.98 Å². The molecule has 29 heavy (non-hydrogen) atoms. The molecule has 0 atom stereocenters. The van der Waals surface area contributed by atoms with E-state index in [0.717, 1.165) is 69.4 Å². The van der Waals surface area contributed by atoms with E-state index in [-0.39, 0.29) is 11.8 Å². The van der Waals surface area contributed by atoms with Gasteiger partial charge in [0.05, 0.1) is 5.69 Å². The topological polar surface area (TPSA) is 78.6 Å². The summed E-state index contributed by atoms with van der Waals surface area (Å²) in [5.74, 6) is 1.58. The van der Waals surface area contributed by atoms with Crippen LogP contribution >= 0.6 is 0 Å². The predicted molar refractivity (Wildman–Crippen MR) is 115 cm³/mol. The van der Waals surface area contributed by atoms with Gasteiger partial charge in [-0.3, -0.25) is 9.69 Å². The van der Waals surface area contributed by atoms with Gasteiger partial charge in [0.15, 0.2) is 0 Å². The van der Waals surface area contributed by atoms with Gasteiger partial charge in [-0.1, -0.05) is 30.3 Å². The Morgan fingerprint density at radius 2 is 1.86 bits per heavy atom. The third-order valence-corrected chi connectivity index (χ3v) is 5.95. The first-order valence-corrected chi connectivity index (χ1v) is 10.4. The smallest absolute Gasteiger partial charge is 0.227 e. The second-order valence-corrected chi connectivity index (χ2v) is 8.28. The quantitative estimate of drug-likeness (QED) is 0.833. The second-order valence-electron chi connectivity index (χ2n) is 8.28. The van der Waals surface area contributed by atoms with Gasteiger partial charge in [0.2, 0.25) is 11.9 Å². The normalized spacial score (nSPS) is 17.8. The molecule has 1 fully saturated rings. The fourth-order valence-corrected chi connectivity index (χ4v) is 4.25. The van der Waals surface area contributed by atoms with Crippen molar-refractivity contribution in [2.45, 2.75) is 32.4 Å². The van der Waals surface area contributed by atoms with Crippen LogP contribution in [0.1, 0.15) is 29.7 Å². The van der Waals surface area contributed by atoms with Crippen LogP contribution in [0.4, 0.5) is 11.8 Å². The molecule has 0 spiro atoms. The maximum atomic E-state index is 11.6. The van der Waals surface area contributed by atoms with Crippen molar-refractivity contribution in [2.24, 2.45) is 11.7 Å². The molecule has 7 heteroatoms. The Labute approximate surface area is 172 Å². The molecule has 1 saturated heterocycles. The third-order valence-electron chi connectivity index (χ3n) is 5.95. The molecule has 0 saturated carbocycles. The largest absolute Gasteiger partial charge is 0.369 e. The summed E-state index contributed by atoms with van der Waals surface area (Å²) in [7, 11) is 3.96. The highest BCUT2D eigenvalue weighted by Gasteiger charge is 2.29. The Morgan fingerprint density at radius 3 is 2.52 bits per heavy atom. The van der Waals surface area contributed by atoms with Gasteiger partial charge in [0.1, 0.15) is 5.82 Å². The van der Waals surface area contributed by atoms with E-state index in [0.29, 0.717) is 0 Å². The Morgan fingerprint density at radius 1 is 1.14 bits per heavy atom. The molecule has 1 amide bonds. The number of piperidine rings is 1. The maximum Gasteiger partial charge on any atom is 0.227 e. The van der Waals surface area contributed by atoms with Crippen molar-refractivity contribution in [3.05, 3.63) is 47.2 Å². The van der Waals surface area contributed by atoms with Gasteiger partial charge in [0, 0.05) is 64.7 Å². The number of amides is 1. The van der Waals surface area contributed by atoms with E-state index in [1.807, 2.05) is 19.0 Å². The molecule has 0 bridgehead atoms. The molecule has 0 radical (unpaired) electrons. The Bertz CT molecular complexity index is 861. The average molecular weight is 395 g/mol.